The van der Waals surface area contributed by atoms with Gasteiger partial charge in [0.1, 0.15) is 11.5 Å². The molecule has 1 aliphatic heterocycles. The molecule has 3 nitrogen and oxygen atoms in total. The van der Waals surface area contributed by atoms with Gasteiger partial charge in [0.2, 0.25) is 0 Å². The van der Waals surface area contributed by atoms with Crippen molar-refractivity contribution < 1.29 is 9.21 Å². The predicted octanol–water partition coefficient (Wildman–Crippen LogP) is 3.14. The Kier molecular flexibility index (Phi) is 3.92. The number of rotatable bonds is 2. The summed E-state index contributed by atoms with van der Waals surface area (Å²) >= 11 is 3.51. The maximum Gasteiger partial charge on any atom is 0.257 e. The summed E-state index contributed by atoms with van der Waals surface area (Å²) < 4.78 is 5.42. The Morgan fingerprint density at radius 2 is 2.35 bits per heavy atom. The van der Waals surface area contributed by atoms with E-state index in [0.717, 1.165) is 41.9 Å². The molecule has 0 bridgehead atoms. The van der Waals surface area contributed by atoms with Gasteiger partial charge in [0.05, 0.1) is 5.56 Å². The molecule has 2 rings (SSSR count). The fourth-order valence-corrected chi connectivity index (χ4v) is 2.92. The van der Waals surface area contributed by atoms with E-state index in [9.17, 15) is 4.79 Å². The normalized spacial score (nSPS) is 20.6. The summed E-state index contributed by atoms with van der Waals surface area (Å²) in [4.78, 5) is 14.3. The van der Waals surface area contributed by atoms with Gasteiger partial charge >= 0.3 is 0 Å². The van der Waals surface area contributed by atoms with E-state index in [1.54, 1.807) is 0 Å². The highest BCUT2D eigenvalue weighted by Crippen LogP contribution is 2.22. The second kappa shape index (κ2) is 5.25. The Balaban J connectivity index is 2.12. The molecule has 0 aliphatic carbocycles. The van der Waals surface area contributed by atoms with Crippen LogP contribution in [0.5, 0.6) is 0 Å². The minimum atomic E-state index is 0.116. The molecule has 0 aromatic carbocycles. The number of carbonyl (C=O) groups excluding carboxylic acids is 1. The van der Waals surface area contributed by atoms with Gasteiger partial charge in [-0.05, 0) is 38.7 Å². The lowest BCUT2D eigenvalue weighted by Gasteiger charge is -2.31. The fraction of sp³-hybridized carbons (Fsp3) is 0.615. The van der Waals surface area contributed by atoms with Crippen LogP contribution in [0, 0.1) is 19.8 Å². The van der Waals surface area contributed by atoms with Gasteiger partial charge in [0.25, 0.3) is 5.91 Å². The third-order valence-electron chi connectivity index (χ3n) is 3.30. The van der Waals surface area contributed by atoms with Crippen LogP contribution < -0.4 is 0 Å². The maximum atomic E-state index is 12.3. The summed E-state index contributed by atoms with van der Waals surface area (Å²) in [5, 5.41) is 0.972. The highest BCUT2D eigenvalue weighted by atomic mass is 79.9. The van der Waals surface area contributed by atoms with E-state index >= 15 is 0 Å². The monoisotopic (exact) mass is 299 g/mol. The van der Waals surface area contributed by atoms with Crippen LogP contribution >= 0.6 is 15.9 Å². The van der Waals surface area contributed by atoms with Crippen LogP contribution in [0.3, 0.4) is 0 Å². The second-order valence-corrected chi connectivity index (χ2v) is 5.39. The third-order valence-corrected chi connectivity index (χ3v) is 4.21. The molecule has 2 heterocycles. The molecule has 1 aromatic heterocycles. The highest BCUT2D eigenvalue weighted by molar-refractivity contribution is 9.09. The van der Waals surface area contributed by atoms with Gasteiger partial charge < -0.3 is 9.32 Å². The van der Waals surface area contributed by atoms with Crippen LogP contribution in [0.15, 0.2) is 10.5 Å². The molecule has 1 fully saturated rings. The Morgan fingerprint density at radius 1 is 1.59 bits per heavy atom. The molecule has 0 radical (unpaired) electrons. The number of hydrogen-bond donors (Lipinski definition) is 0. The number of halogens is 1. The van der Waals surface area contributed by atoms with Gasteiger partial charge in [-0.15, -0.1) is 0 Å². The lowest BCUT2D eigenvalue weighted by atomic mass is 9.99. The zero-order valence-corrected chi connectivity index (χ0v) is 11.9. The van der Waals surface area contributed by atoms with E-state index < -0.39 is 0 Å². The van der Waals surface area contributed by atoms with Crippen LogP contribution in [-0.4, -0.2) is 29.2 Å². The van der Waals surface area contributed by atoms with Gasteiger partial charge in [0.15, 0.2) is 0 Å². The van der Waals surface area contributed by atoms with Crippen LogP contribution in [-0.2, 0) is 0 Å². The van der Waals surface area contributed by atoms with Crippen LogP contribution in [0.2, 0.25) is 0 Å². The van der Waals surface area contributed by atoms with Gasteiger partial charge in [-0.25, -0.2) is 0 Å². The minimum Gasteiger partial charge on any atom is -0.466 e. The topological polar surface area (TPSA) is 33.5 Å². The summed E-state index contributed by atoms with van der Waals surface area (Å²) in [5.74, 6) is 2.24. The number of likely N-dealkylation sites (tertiary alicyclic amines) is 1. The van der Waals surface area contributed by atoms with Crippen molar-refractivity contribution in [3.63, 3.8) is 0 Å². The largest absolute Gasteiger partial charge is 0.466 e. The Morgan fingerprint density at radius 3 is 2.94 bits per heavy atom. The summed E-state index contributed by atoms with van der Waals surface area (Å²) in [5.41, 5.74) is 0.720. The molecule has 4 heteroatoms. The molecule has 0 N–H and O–H groups in total. The Bertz CT molecular complexity index is 414. The zero-order valence-electron chi connectivity index (χ0n) is 10.3. The molecule has 17 heavy (non-hydrogen) atoms. The van der Waals surface area contributed by atoms with Gasteiger partial charge in [-0.2, -0.15) is 0 Å². The van der Waals surface area contributed by atoms with Gasteiger partial charge in [-0.1, -0.05) is 15.9 Å². The van der Waals surface area contributed by atoms with Crippen molar-refractivity contribution >= 4 is 21.8 Å². The first-order valence-electron chi connectivity index (χ1n) is 6.04. The fourth-order valence-electron chi connectivity index (χ4n) is 2.39. The van der Waals surface area contributed by atoms with Crippen molar-refractivity contribution in [1.82, 2.24) is 4.90 Å². The lowest BCUT2D eigenvalue weighted by molar-refractivity contribution is 0.0684. The number of nitrogens with zero attached hydrogens (tertiary/aromatic N) is 1. The zero-order chi connectivity index (χ0) is 12.4. The molecular weight excluding hydrogens is 282 g/mol. The summed E-state index contributed by atoms with van der Waals surface area (Å²) in [6.07, 6.45) is 2.30. The third kappa shape index (κ3) is 2.73. The first-order chi connectivity index (χ1) is 8.11. The smallest absolute Gasteiger partial charge is 0.257 e. The first-order valence-corrected chi connectivity index (χ1v) is 7.16. The van der Waals surface area contributed by atoms with Crippen molar-refractivity contribution in [2.24, 2.45) is 5.92 Å². The standard InChI is InChI=1S/C13H18BrNO2/c1-9-6-12(10(2)17-9)13(16)15-5-3-4-11(7-14)8-15/h6,11H,3-5,7-8H2,1-2H3. The molecule has 1 aromatic rings. The number of amides is 1. The van der Waals surface area contributed by atoms with E-state index in [1.165, 1.54) is 6.42 Å². The van der Waals surface area contributed by atoms with Crippen LogP contribution in [0.4, 0.5) is 0 Å². The number of hydrogen-bond acceptors (Lipinski definition) is 2. The minimum absolute atomic E-state index is 0.116. The van der Waals surface area contributed by atoms with Crippen molar-refractivity contribution in [1.29, 1.82) is 0 Å². The molecule has 1 saturated heterocycles. The van der Waals surface area contributed by atoms with Crippen molar-refractivity contribution in [3.8, 4) is 0 Å². The predicted molar refractivity (Wildman–Crippen MR) is 70.6 cm³/mol. The summed E-state index contributed by atoms with van der Waals surface area (Å²) in [6.45, 7) is 5.45. The summed E-state index contributed by atoms with van der Waals surface area (Å²) in [7, 11) is 0. The number of alkyl halides is 1. The first kappa shape index (κ1) is 12.7. The summed E-state index contributed by atoms with van der Waals surface area (Å²) in [6, 6.07) is 1.84. The van der Waals surface area contributed by atoms with E-state index in [1.807, 2.05) is 24.8 Å². The molecule has 0 spiro atoms. The quantitative estimate of drug-likeness (QED) is 0.786. The molecule has 1 atom stereocenters. The van der Waals surface area contributed by atoms with E-state index in [2.05, 4.69) is 15.9 Å². The maximum absolute atomic E-state index is 12.3. The number of carbonyl (C=O) groups is 1. The number of aryl methyl sites for hydroxylation is 2. The molecule has 0 saturated carbocycles. The average molecular weight is 300 g/mol. The Labute approximate surface area is 110 Å². The van der Waals surface area contributed by atoms with E-state index in [0.29, 0.717) is 5.92 Å². The molecule has 1 unspecified atom stereocenters. The molecule has 94 valence electrons. The van der Waals surface area contributed by atoms with E-state index in [4.69, 9.17) is 4.42 Å². The average Bonchev–Trinajstić information content (AvgIpc) is 2.67. The lowest BCUT2D eigenvalue weighted by Crippen LogP contribution is -2.40. The van der Waals surface area contributed by atoms with Gasteiger partial charge in [0, 0.05) is 18.4 Å². The Hall–Kier alpha value is -0.770. The van der Waals surface area contributed by atoms with Crippen molar-refractivity contribution in [3.05, 3.63) is 23.2 Å². The molecule has 1 aliphatic rings. The molecular formula is C13H18BrNO2. The molecule has 1 amide bonds. The second-order valence-electron chi connectivity index (χ2n) is 4.74. The van der Waals surface area contributed by atoms with Crippen molar-refractivity contribution in [2.75, 3.05) is 18.4 Å². The van der Waals surface area contributed by atoms with Crippen LogP contribution in [0.1, 0.15) is 34.7 Å². The highest BCUT2D eigenvalue weighted by Gasteiger charge is 2.25. The number of piperidine rings is 1. The SMILES string of the molecule is Cc1cc(C(=O)N2CCCC(CBr)C2)c(C)o1. The number of furan rings is 1. The van der Waals surface area contributed by atoms with Crippen molar-refractivity contribution in [2.45, 2.75) is 26.7 Å². The van der Waals surface area contributed by atoms with Gasteiger partial charge in [-0.3, -0.25) is 4.79 Å². The van der Waals surface area contributed by atoms with E-state index in [-0.39, 0.29) is 5.91 Å². The van der Waals surface area contributed by atoms with Crippen LogP contribution in [0.25, 0.3) is 0 Å².